The van der Waals surface area contributed by atoms with Gasteiger partial charge in [-0.3, -0.25) is 0 Å². The lowest BCUT2D eigenvalue weighted by molar-refractivity contribution is 0.0136. The van der Waals surface area contributed by atoms with Crippen LogP contribution in [0.1, 0.15) is 41.6 Å². The van der Waals surface area contributed by atoms with E-state index >= 15 is 0 Å². The standard InChI is InChI=1S/C28H28N2O5/c29-15-5-17-34-20-12-10-19(11-13-20)27(32)26(31)14-16-30-28(33)35-18-25-23-8-3-1-6-21(23)22-7-2-4-9-24(22)25/h1-4,6-13,25-27,31-32H,5,14,16-18H2,(H,30,33). The lowest BCUT2D eigenvalue weighted by Gasteiger charge is -2.19. The molecule has 7 heteroatoms. The number of carbonyl (C=O) groups excluding carboxylic acids is 1. The van der Waals surface area contributed by atoms with Crippen molar-refractivity contribution < 1.29 is 24.5 Å². The molecule has 180 valence electrons. The summed E-state index contributed by atoms with van der Waals surface area (Å²) in [6.07, 6.45) is -2.28. The second-order valence-corrected chi connectivity index (χ2v) is 8.38. The van der Waals surface area contributed by atoms with Crippen LogP contribution >= 0.6 is 0 Å². The molecule has 35 heavy (non-hydrogen) atoms. The summed E-state index contributed by atoms with van der Waals surface area (Å²) in [5, 5.41) is 32.0. The molecule has 1 aliphatic rings. The summed E-state index contributed by atoms with van der Waals surface area (Å²) in [6.45, 7) is 0.667. The van der Waals surface area contributed by atoms with E-state index in [1.807, 2.05) is 30.3 Å². The Hall–Kier alpha value is -3.86. The SMILES string of the molecule is N#CCCOc1ccc(C(O)C(O)CCNC(=O)OCC2c3ccccc3-c3ccccc32)cc1. The Labute approximate surface area is 204 Å². The van der Waals surface area contributed by atoms with Crippen LogP contribution in [0.25, 0.3) is 11.1 Å². The fraction of sp³-hybridized carbons (Fsp3) is 0.286. The number of aliphatic hydroxyl groups excluding tert-OH is 2. The number of nitrogens with zero attached hydrogens (tertiary/aromatic N) is 1. The first kappa shape index (κ1) is 24.3. The van der Waals surface area contributed by atoms with E-state index in [9.17, 15) is 15.0 Å². The molecule has 0 bridgehead atoms. The Kier molecular flexibility index (Phi) is 7.99. The van der Waals surface area contributed by atoms with E-state index in [1.54, 1.807) is 24.3 Å². The second kappa shape index (κ2) is 11.5. The van der Waals surface area contributed by atoms with Gasteiger partial charge in [0, 0.05) is 12.5 Å². The van der Waals surface area contributed by atoms with Crippen LogP contribution in [-0.4, -0.2) is 42.2 Å². The molecule has 3 N–H and O–H groups in total. The second-order valence-electron chi connectivity index (χ2n) is 8.38. The van der Waals surface area contributed by atoms with Gasteiger partial charge in [0.2, 0.25) is 0 Å². The van der Waals surface area contributed by atoms with Gasteiger partial charge in [-0.1, -0.05) is 60.7 Å². The zero-order valence-electron chi connectivity index (χ0n) is 19.3. The first-order chi connectivity index (χ1) is 17.1. The van der Waals surface area contributed by atoms with Crippen LogP contribution in [0.3, 0.4) is 0 Å². The van der Waals surface area contributed by atoms with E-state index in [2.05, 4.69) is 29.6 Å². The highest BCUT2D eigenvalue weighted by Gasteiger charge is 2.29. The Morgan fingerprint density at radius 2 is 1.60 bits per heavy atom. The number of carbonyl (C=O) groups is 1. The van der Waals surface area contributed by atoms with Crippen LogP contribution in [0.15, 0.2) is 72.8 Å². The molecule has 0 radical (unpaired) electrons. The summed E-state index contributed by atoms with van der Waals surface area (Å²) >= 11 is 0. The third-order valence-corrected chi connectivity index (χ3v) is 6.12. The van der Waals surface area contributed by atoms with Gasteiger partial charge >= 0.3 is 6.09 Å². The van der Waals surface area contributed by atoms with Crippen molar-refractivity contribution in [2.45, 2.75) is 31.0 Å². The van der Waals surface area contributed by atoms with Crippen molar-refractivity contribution >= 4 is 6.09 Å². The maximum absolute atomic E-state index is 12.3. The van der Waals surface area contributed by atoms with Crippen molar-refractivity contribution in [2.75, 3.05) is 19.8 Å². The lowest BCUT2D eigenvalue weighted by Crippen LogP contribution is -2.30. The van der Waals surface area contributed by atoms with E-state index in [1.165, 1.54) is 0 Å². The first-order valence-electron chi connectivity index (χ1n) is 11.6. The predicted octanol–water partition coefficient (Wildman–Crippen LogP) is 4.30. The van der Waals surface area contributed by atoms with E-state index in [-0.39, 0.29) is 25.5 Å². The molecule has 4 rings (SSSR count). The number of aliphatic hydroxyl groups is 2. The van der Waals surface area contributed by atoms with E-state index in [0.29, 0.717) is 24.3 Å². The average Bonchev–Trinajstić information content (AvgIpc) is 3.21. The maximum atomic E-state index is 12.3. The number of nitrogens with one attached hydrogen (secondary N) is 1. The van der Waals surface area contributed by atoms with E-state index in [4.69, 9.17) is 14.7 Å². The normalized spacial score (nSPS) is 13.7. The number of amides is 1. The first-order valence-corrected chi connectivity index (χ1v) is 11.6. The van der Waals surface area contributed by atoms with Gasteiger partial charge in [0.05, 0.1) is 18.6 Å². The minimum Gasteiger partial charge on any atom is -0.493 e. The molecule has 0 heterocycles. The number of alkyl carbamates (subject to hydrolysis) is 1. The maximum Gasteiger partial charge on any atom is 0.407 e. The molecule has 0 spiro atoms. The number of hydrogen-bond donors (Lipinski definition) is 3. The number of hydrogen-bond acceptors (Lipinski definition) is 6. The van der Waals surface area contributed by atoms with Crippen molar-refractivity contribution in [3.05, 3.63) is 89.5 Å². The molecule has 3 aromatic carbocycles. The molecule has 7 nitrogen and oxygen atoms in total. The molecule has 2 atom stereocenters. The number of nitriles is 1. The molecule has 0 saturated heterocycles. The van der Waals surface area contributed by atoms with Gasteiger partial charge in [-0.25, -0.2) is 4.79 Å². The molecular formula is C28H28N2O5. The van der Waals surface area contributed by atoms with Crippen LogP contribution in [0.5, 0.6) is 5.75 Å². The zero-order valence-corrected chi connectivity index (χ0v) is 19.3. The smallest absolute Gasteiger partial charge is 0.407 e. The third kappa shape index (κ3) is 5.80. The number of ether oxygens (including phenoxy) is 2. The fourth-order valence-electron chi connectivity index (χ4n) is 4.33. The highest BCUT2D eigenvalue weighted by molar-refractivity contribution is 5.79. The summed E-state index contributed by atoms with van der Waals surface area (Å²) < 4.78 is 10.9. The van der Waals surface area contributed by atoms with Gasteiger partial charge in [-0.15, -0.1) is 0 Å². The summed E-state index contributed by atoms with van der Waals surface area (Å²) in [7, 11) is 0. The zero-order chi connectivity index (χ0) is 24.6. The fourth-order valence-corrected chi connectivity index (χ4v) is 4.33. The van der Waals surface area contributed by atoms with Crippen molar-refractivity contribution in [1.82, 2.24) is 5.32 Å². The Morgan fingerprint density at radius 3 is 2.23 bits per heavy atom. The van der Waals surface area contributed by atoms with Gasteiger partial charge in [0.25, 0.3) is 0 Å². The largest absolute Gasteiger partial charge is 0.493 e. The lowest BCUT2D eigenvalue weighted by atomic mass is 9.98. The van der Waals surface area contributed by atoms with Crippen LogP contribution in [-0.2, 0) is 4.74 Å². The van der Waals surface area contributed by atoms with E-state index in [0.717, 1.165) is 22.3 Å². The molecule has 0 saturated carbocycles. The summed E-state index contributed by atoms with van der Waals surface area (Å²) in [6, 6.07) is 24.9. The van der Waals surface area contributed by atoms with Crippen molar-refractivity contribution in [1.29, 1.82) is 5.26 Å². The third-order valence-electron chi connectivity index (χ3n) is 6.12. The quantitative estimate of drug-likeness (QED) is 0.379. The number of rotatable bonds is 10. The number of fused-ring (bicyclic) bond motifs is 3. The van der Waals surface area contributed by atoms with Crippen LogP contribution < -0.4 is 10.1 Å². The van der Waals surface area contributed by atoms with Crippen molar-refractivity contribution in [2.24, 2.45) is 0 Å². The summed E-state index contributed by atoms with van der Waals surface area (Å²) in [5.74, 6) is 0.565. The Bertz CT molecular complexity index is 1140. The Balaban J connectivity index is 1.23. The molecule has 2 unspecified atom stereocenters. The van der Waals surface area contributed by atoms with Gasteiger partial charge < -0.3 is 25.0 Å². The monoisotopic (exact) mass is 472 g/mol. The van der Waals surface area contributed by atoms with Crippen LogP contribution in [0.4, 0.5) is 4.79 Å². The molecule has 3 aromatic rings. The molecule has 1 amide bonds. The highest BCUT2D eigenvalue weighted by atomic mass is 16.5. The van der Waals surface area contributed by atoms with Gasteiger partial charge in [0.15, 0.2) is 0 Å². The Morgan fingerprint density at radius 1 is 0.971 bits per heavy atom. The van der Waals surface area contributed by atoms with Crippen LogP contribution in [0, 0.1) is 11.3 Å². The van der Waals surface area contributed by atoms with Crippen molar-refractivity contribution in [3.8, 4) is 22.9 Å². The topological polar surface area (TPSA) is 112 Å². The van der Waals surface area contributed by atoms with Gasteiger partial charge in [0.1, 0.15) is 25.1 Å². The molecule has 0 fully saturated rings. The van der Waals surface area contributed by atoms with Crippen molar-refractivity contribution in [3.63, 3.8) is 0 Å². The predicted molar refractivity (Wildman–Crippen MR) is 131 cm³/mol. The van der Waals surface area contributed by atoms with E-state index < -0.39 is 18.3 Å². The van der Waals surface area contributed by atoms with Gasteiger partial charge in [-0.2, -0.15) is 5.26 Å². The summed E-state index contributed by atoms with van der Waals surface area (Å²) in [4.78, 5) is 12.3. The molecular weight excluding hydrogens is 444 g/mol. The number of benzene rings is 3. The summed E-state index contributed by atoms with van der Waals surface area (Å²) in [5.41, 5.74) is 5.14. The molecule has 0 aromatic heterocycles. The average molecular weight is 473 g/mol. The van der Waals surface area contributed by atoms with Gasteiger partial charge in [-0.05, 0) is 46.4 Å². The minimum absolute atomic E-state index is 0.0209. The minimum atomic E-state index is -1.10. The van der Waals surface area contributed by atoms with Crippen LogP contribution in [0.2, 0.25) is 0 Å². The highest BCUT2D eigenvalue weighted by Crippen LogP contribution is 2.44. The molecule has 0 aliphatic heterocycles. The molecule has 1 aliphatic carbocycles.